The van der Waals surface area contributed by atoms with E-state index in [-0.39, 0.29) is 10.9 Å². The van der Waals surface area contributed by atoms with Crippen LogP contribution in [0.4, 0.5) is 0 Å². The lowest BCUT2D eigenvalue weighted by atomic mass is 10.3. The van der Waals surface area contributed by atoms with Crippen molar-refractivity contribution in [3.8, 4) is 0 Å². The maximum atomic E-state index is 9.89. The lowest BCUT2D eigenvalue weighted by molar-refractivity contribution is 0.207. The molecule has 0 bridgehead atoms. The van der Waals surface area contributed by atoms with Crippen molar-refractivity contribution >= 4 is 23.1 Å². The number of aryl methyl sites for hydroxylation is 1. The van der Waals surface area contributed by atoms with E-state index in [1.807, 2.05) is 6.07 Å². The van der Waals surface area contributed by atoms with Crippen molar-refractivity contribution in [1.29, 1.82) is 0 Å². The van der Waals surface area contributed by atoms with E-state index >= 15 is 0 Å². The number of thioether (sulfide) groups is 1. The fourth-order valence-electron chi connectivity index (χ4n) is 1.04. The molecule has 1 aromatic rings. The van der Waals surface area contributed by atoms with Crippen LogP contribution in [0, 0.1) is 6.92 Å². The minimum absolute atomic E-state index is 0.229. The average molecular weight is 230 g/mol. The van der Waals surface area contributed by atoms with Crippen molar-refractivity contribution in [2.75, 3.05) is 5.75 Å². The summed E-state index contributed by atoms with van der Waals surface area (Å²) < 4.78 is 0.229. The number of aliphatic hydroxyl groups excluding tert-OH is 1. The Morgan fingerprint density at radius 1 is 1.43 bits per heavy atom. The molecule has 1 unspecified atom stereocenters. The van der Waals surface area contributed by atoms with Crippen LogP contribution in [0.2, 0.25) is 0 Å². The zero-order chi connectivity index (χ0) is 10.8. The fourth-order valence-corrected chi connectivity index (χ4v) is 2.85. The highest BCUT2D eigenvalue weighted by molar-refractivity contribution is 8.00. The summed E-state index contributed by atoms with van der Waals surface area (Å²) in [4.78, 5) is 2.35. The molecule has 0 amide bonds. The van der Waals surface area contributed by atoms with Gasteiger partial charge in [-0.05, 0) is 19.1 Å². The number of hydrogen-bond acceptors (Lipinski definition) is 3. The maximum Gasteiger partial charge on any atom is 0.0972 e. The maximum absolute atomic E-state index is 9.89. The quantitative estimate of drug-likeness (QED) is 0.856. The lowest BCUT2D eigenvalue weighted by Gasteiger charge is -2.19. The number of thiophene rings is 1. The van der Waals surface area contributed by atoms with Gasteiger partial charge >= 0.3 is 0 Å². The Morgan fingerprint density at radius 2 is 2.07 bits per heavy atom. The van der Waals surface area contributed by atoms with Crippen molar-refractivity contribution < 1.29 is 5.11 Å². The lowest BCUT2D eigenvalue weighted by Crippen LogP contribution is -2.11. The second-order valence-corrected chi connectivity index (χ2v) is 7.55. The molecule has 1 rings (SSSR count). The minimum Gasteiger partial charge on any atom is -0.387 e. The molecule has 1 nitrogen and oxygen atoms in total. The predicted octanol–water partition coefficient (Wildman–Crippen LogP) is 3.62. The SMILES string of the molecule is Cc1ccc(C(O)CSC(C)(C)C)s1. The molecule has 3 heteroatoms. The van der Waals surface area contributed by atoms with Crippen molar-refractivity contribution in [3.63, 3.8) is 0 Å². The molecule has 0 aliphatic rings. The second-order valence-electron chi connectivity index (χ2n) is 4.39. The van der Waals surface area contributed by atoms with Crippen LogP contribution in [-0.2, 0) is 0 Å². The monoisotopic (exact) mass is 230 g/mol. The van der Waals surface area contributed by atoms with Crippen molar-refractivity contribution in [2.24, 2.45) is 0 Å². The molecule has 0 fully saturated rings. The molecule has 1 heterocycles. The molecular weight excluding hydrogens is 212 g/mol. The Labute approximate surface area is 94.5 Å². The summed E-state index contributed by atoms with van der Waals surface area (Å²) in [6, 6.07) is 4.08. The number of rotatable bonds is 3. The Bertz CT molecular complexity index is 286. The molecule has 0 aromatic carbocycles. The van der Waals surface area contributed by atoms with E-state index in [1.165, 1.54) is 4.88 Å². The van der Waals surface area contributed by atoms with Crippen LogP contribution in [0.15, 0.2) is 12.1 Å². The molecule has 1 aromatic heterocycles. The van der Waals surface area contributed by atoms with Gasteiger partial charge in [0.2, 0.25) is 0 Å². The zero-order valence-electron chi connectivity index (χ0n) is 9.20. The van der Waals surface area contributed by atoms with E-state index < -0.39 is 0 Å². The number of hydrogen-bond donors (Lipinski definition) is 1. The Morgan fingerprint density at radius 3 is 2.50 bits per heavy atom. The third kappa shape index (κ3) is 4.03. The van der Waals surface area contributed by atoms with Gasteiger partial charge in [-0.2, -0.15) is 11.8 Å². The highest BCUT2D eigenvalue weighted by Crippen LogP contribution is 2.30. The molecule has 1 N–H and O–H groups in total. The molecule has 80 valence electrons. The van der Waals surface area contributed by atoms with Gasteiger partial charge in [0, 0.05) is 20.3 Å². The van der Waals surface area contributed by atoms with E-state index in [9.17, 15) is 5.11 Å². The van der Waals surface area contributed by atoms with Gasteiger partial charge in [0.15, 0.2) is 0 Å². The normalized spacial score (nSPS) is 14.4. The van der Waals surface area contributed by atoms with Gasteiger partial charge in [-0.25, -0.2) is 0 Å². The summed E-state index contributed by atoms with van der Waals surface area (Å²) in [7, 11) is 0. The highest BCUT2D eigenvalue weighted by Gasteiger charge is 2.15. The van der Waals surface area contributed by atoms with Crippen molar-refractivity contribution in [1.82, 2.24) is 0 Å². The van der Waals surface area contributed by atoms with E-state index in [4.69, 9.17) is 0 Å². The summed E-state index contributed by atoms with van der Waals surface area (Å²) in [5.74, 6) is 0.781. The van der Waals surface area contributed by atoms with Gasteiger partial charge in [-0.1, -0.05) is 20.8 Å². The first-order chi connectivity index (χ1) is 6.38. The first kappa shape index (κ1) is 12.1. The fraction of sp³-hybridized carbons (Fsp3) is 0.636. The summed E-state index contributed by atoms with van der Waals surface area (Å²) in [5, 5.41) is 9.89. The average Bonchev–Trinajstić information content (AvgIpc) is 2.46. The molecular formula is C11H18OS2. The summed E-state index contributed by atoms with van der Waals surface area (Å²) in [6.45, 7) is 8.58. The van der Waals surface area contributed by atoms with Crippen LogP contribution in [0.25, 0.3) is 0 Å². The third-order valence-corrected chi connectivity index (χ3v) is 4.21. The van der Waals surface area contributed by atoms with Gasteiger partial charge in [0.25, 0.3) is 0 Å². The van der Waals surface area contributed by atoms with Crippen LogP contribution >= 0.6 is 23.1 Å². The van der Waals surface area contributed by atoms with Gasteiger partial charge in [0.1, 0.15) is 0 Å². The van der Waals surface area contributed by atoms with E-state index in [2.05, 4.69) is 33.8 Å². The largest absolute Gasteiger partial charge is 0.387 e. The predicted molar refractivity (Wildman–Crippen MR) is 66.2 cm³/mol. The third-order valence-electron chi connectivity index (χ3n) is 1.76. The summed E-state index contributed by atoms with van der Waals surface area (Å²) >= 11 is 3.49. The molecule has 0 saturated carbocycles. The van der Waals surface area contributed by atoms with Crippen LogP contribution in [0.5, 0.6) is 0 Å². The molecule has 0 radical (unpaired) electrons. The van der Waals surface area contributed by atoms with Crippen LogP contribution < -0.4 is 0 Å². The number of aliphatic hydroxyl groups is 1. The van der Waals surface area contributed by atoms with Gasteiger partial charge in [-0.15, -0.1) is 11.3 Å². The van der Waals surface area contributed by atoms with Crippen LogP contribution in [0.3, 0.4) is 0 Å². The first-order valence-electron chi connectivity index (χ1n) is 4.77. The Balaban J connectivity index is 2.47. The Kier molecular flexibility index (Phi) is 4.04. The van der Waals surface area contributed by atoms with E-state index in [0.29, 0.717) is 0 Å². The standard InChI is InChI=1S/C11H18OS2/c1-8-5-6-10(14-8)9(12)7-13-11(2,3)4/h5-6,9,12H,7H2,1-4H3. The Hall–Kier alpha value is 0.01000. The van der Waals surface area contributed by atoms with Crippen LogP contribution in [-0.4, -0.2) is 15.6 Å². The molecule has 1 atom stereocenters. The first-order valence-corrected chi connectivity index (χ1v) is 6.57. The van der Waals surface area contributed by atoms with Crippen molar-refractivity contribution in [3.05, 3.63) is 21.9 Å². The second kappa shape index (κ2) is 4.69. The van der Waals surface area contributed by atoms with Gasteiger partial charge < -0.3 is 5.11 Å². The highest BCUT2D eigenvalue weighted by atomic mass is 32.2. The molecule has 0 saturated heterocycles. The zero-order valence-corrected chi connectivity index (χ0v) is 10.8. The molecule has 14 heavy (non-hydrogen) atoms. The molecule has 0 spiro atoms. The van der Waals surface area contributed by atoms with E-state index in [0.717, 1.165) is 10.6 Å². The topological polar surface area (TPSA) is 20.2 Å². The smallest absolute Gasteiger partial charge is 0.0972 e. The van der Waals surface area contributed by atoms with Gasteiger partial charge in [-0.3, -0.25) is 0 Å². The minimum atomic E-state index is -0.307. The van der Waals surface area contributed by atoms with Gasteiger partial charge in [0.05, 0.1) is 6.10 Å². The summed E-state index contributed by atoms with van der Waals surface area (Å²) in [5.41, 5.74) is 0. The molecule has 0 aliphatic heterocycles. The van der Waals surface area contributed by atoms with Crippen LogP contribution in [0.1, 0.15) is 36.6 Å². The molecule has 0 aliphatic carbocycles. The van der Waals surface area contributed by atoms with Crippen molar-refractivity contribution in [2.45, 2.75) is 38.5 Å². The summed E-state index contributed by atoms with van der Waals surface area (Å²) in [6.07, 6.45) is -0.307. The van der Waals surface area contributed by atoms with E-state index in [1.54, 1.807) is 23.1 Å².